The standard InChI is InChI=1S/C26H29N3O/c1-20(23-10-12-24(13-11-23)21(2)30)29-18-25-17-28(16-14-26(25)27-19-29)15-6-9-22-7-4-3-5-8-22/h3-5,7-8,10-13,20,25H,14-19H2,1-2H3. The molecule has 2 aromatic carbocycles. The Morgan fingerprint density at radius 3 is 2.63 bits per heavy atom. The van der Waals surface area contributed by atoms with Gasteiger partial charge in [0, 0.05) is 48.4 Å². The summed E-state index contributed by atoms with van der Waals surface area (Å²) in [5.74, 6) is 7.19. The van der Waals surface area contributed by atoms with Crippen LogP contribution in [0.15, 0.2) is 59.6 Å². The highest BCUT2D eigenvalue weighted by Gasteiger charge is 2.31. The lowest BCUT2D eigenvalue weighted by Gasteiger charge is -2.41. The van der Waals surface area contributed by atoms with Gasteiger partial charge in [0.25, 0.3) is 0 Å². The Morgan fingerprint density at radius 2 is 1.90 bits per heavy atom. The summed E-state index contributed by atoms with van der Waals surface area (Å²) in [6.45, 7) is 8.50. The maximum absolute atomic E-state index is 11.5. The van der Waals surface area contributed by atoms with E-state index in [0.29, 0.717) is 5.92 Å². The van der Waals surface area contributed by atoms with E-state index < -0.39 is 0 Å². The Labute approximate surface area is 179 Å². The van der Waals surface area contributed by atoms with E-state index in [1.165, 1.54) is 11.3 Å². The van der Waals surface area contributed by atoms with Crippen LogP contribution in [-0.4, -0.2) is 54.1 Å². The lowest BCUT2D eigenvalue weighted by Crippen LogP contribution is -2.49. The van der Waals surface area contributed by atoms with Crippen molar-refractivity contribution in [2.24, 2.45) is 10.9 Å². The van der Waals surface area contributed by atoms with Crippen molar-refractivity contribution in [2.45, 2.75) is 26.3 Å². The molecule has 0 amide bonds. The maximum Gasteiger partial charge on any atom is 0.159 e. The summed E-state index contributed by atoms with van der Waals surface area (Å²) in [7, 11) is 0. The molecule has 2 unspecified atom stereocenters. The molecule has 0 aromatic heterocycles. The number of benzene rings is 2. The van der Waals surface area contributed by atoms with Gasteiger partial charge >= 0.3 is 0 Å². The molecule has 4 rings (SSSR count). The van der Waals surface area contributed by atoms with Crippen molar-refractivity contribution < 1.29 is 4.79 Å². The van der Waals surface area contributed by atoms with Crippen LogP contribution in [0.4, 0.5) is 0 Å². The molecule has 0 aliphatic carbocycles. The third-order valence-electron chi connectivity index (χ3n) is 6.20. The summed E-state index contributed by atoms with van der Waals surface area (Å²) in [5.41, 5.74) is 4.45. The van der Waals surface area contributed by atoms with Crippen LogP contribution in [0.1, 0.15) is 47.8 Å². The molecule has 1 fully saturated rings. The molecule has 4 nitrogen and oxygen atoms in total. The molecule has 0 N–H and O–H groups in total. The molecule has 1 saturated heterocycles. The number of carbonyl (C=O) groups is 1. The first kappa shape index (κ1) is 20.5. The van der Waals surface area contributed by atoms with Crippen LogP contribution >= 0.6 is 0 Å². The van der Waals surface area contributed by atoms with Crippen LogP contribution in [-0.2, 0) is 0 Å². The predicted octanol–water partition coefficient (Wildman–Crippen LogP) is 4.04. The average Bonchev–Trinajstić information content (AvgIpc) is 2.79. The molecule has 2 atom stereocenters. The quantitative estimate of drug-likeness (QED) is 0.575. The number of aliphatic imine (C=N–C) groups is 1. The van der Waals surface area contributed by atoms with Crippen LogP contribution in [0.5, 0.6) is 0 Å². The predicted molar refractivity (Wildman–Crippen MR) is 122 cm³/mol. The third kappa shape index (κ3) is 4.87. The number of fused-ring (bicyclic) bond motifs is 1. The first-order valence-corrected chi connectivity index (χ1v) is 10.7. The zero-order valence-electron chi connectivity index (χ0n) is 17.8. The van der Waals surface area contributed by atoms with E-state index in [0.717, 1.165) is 50.4 Å². The summed E-state index contributed by atoms with van der Waals surface area (Å²) < 4.78 is 0. The van der Waals surface area contributed by atoms with Crippen LogP contribution in [0, 0.1) is 17.8 Å². The van der Waals surface area contributed by atoms with Gasteiger partial charge in [-0.3, -0.25) is 19.6 Å². The molecule has 0 saturated carbocycles. The van der Waals surface area contributed by atoms with Crippen LogP contribution in [0.25, 0.3) is 0 Å². The number of hydrogen-bond donors (Lipinski definition) is 0. The second-order valence-corrected chi connectivity index (χ2v) is 8.27. The fourth-order valence-corrected chi connectivity index (χ4v) is 4.29. The Morgan fingerprint density at radius 1 is 1.13 bits per heavy atom. The Balaban J connectivity index is 1.36. The fourth-order valence-electron chi connectivity index (χ4n) is 4.29. The molecular formula is C26H29N3O. The first-order valence-electron chi connectivity index (χ1n) is 10.7. The van der Waals surface area contributed by atoms with E-state index in [1.54, 1.807) is 6.92 Å². The molecular weight excluding hydrogens is 370 g/mol. The first-order chi connectivity index (χ1) is 14.6. The van der Waals surface area contributed by atoms with Gasteiger partial charge in [-0.15, -0.1) is 0 Å². The molecule has 4 heteroatoms. The van der Waals surface area contributed by atoms with Crippen molar-refractivity contribution in [3.8, 4) is 11.8 Å². The summed E-state index contributed by atoms with van der Waals surface area (Å²) in [5, 5.41) is 0. The third-order valence-corrected chi connectivity index (χ3v) is 6.20. The van der Waals surface area contributed by atoms with Crippen molar-refractivity contribution >= 4 is 11.5 Å². The second-order valence-electron chi connectivity index (χ2n) is 8.27. The highest BCUT2D eigenvalue weighted by molar-refractivity contribution is 5.94. The van der Waals surface area contributed by atoms with Gasteiger partial charge in [0.05, 0.1) is 13.2 Å². The Kier molecular flexibility index (Phi) is 6.42. The highest BCUT2D eigenvalue weighted by Crippen LogP contribution is 2.27. The normalized spacial score (nSPS) is 20.5. The summed E-state index contributed by atoms with van der Waals surface area (Å²) >= 11 is 0. The number of piperidine rings is 1. The Bertz CT molecular complexity index is 969. The average molecular weight is 400 g/mol. The molecule has 2 heterocycles. The van der Waals surface area contributed by atoms with Gasteiger partial charge in [-0.25, -0.2) is 0 Å². The van der Waals surface area contributed by atoms with Crippen molar-refractivity contribution in [1.82, 2.24) is 9.80 Å². The number of carbonyl (C=O) groups excluding carboxylic acids is 1. The topological polar surface area (TPSA) is 35.9 Å². The number of likely N-dealkylation sites (tertiary alicyclic amines) is 1. The van der Waals surface area contributed by atoms with Gasteiger partial charge in [0.2, 0.25) is 0 Å². The van der Waals surface area contributed by atoms with Crippen molar-refractivity contribution in [3.63, 3.8) is 0 Å². The summed E-state index contributed by atoms with van der Waals surface area (Å²) in [6.07, 6.45) is 1.05. The number of rotatable bonds is 4. The zero-order valence-corrected chi connectivity index (χ0v) is 17.8. The van der Waals surface area contributed by atoms with Gasteiger partial charge < -0.3 is 0 Å². The SMILES string of the molecule is CC(=O)c1ccc(C(C)N2CN=C3CCN(CC#Cc4ccccc4)CC3C2)cc1. The van der Waals surface area contributed by atoms with Crippen molar-refractivity contribution in [2.75, 3.05) is 32.8 Å². The summed E-state index contributed by atoms with van der Waals surface area (Å²) in [6, 6.07) is 18.5. The van der Waals surface area contributed by atoms with E-state index in [2.05, 4.69) is 52.8 Å². The van der Waals surface area contributed by atoms with E-state index in [4.69, 9.17) is 4.99 Å². The molecule has 2 aliphatic heterocycles. The molecule has 154 valence electrons. The van der Waals surface area contributed by atoms with Gasteiger partial charge in [-0.2, -0.15) is 0 Å². The summed E-state index contributed by atoms with van der Waals surface area (Å²) in [4.78, 5) is 21.3. The number of Topliss-reactive ketones (excluding diaryl/α,β-unsaturated/α-hetero) is 1. The molecule has 30 heavy (non-hydrogen) atoms. The molecule has 2 aliphatic rings. The lowest BCUT2D eigenvalue weighted by molar-refractivity contribution is 0.101. The second kappa shape index (κ2) is 9.38. The maximum atomic E-state index is 11.5. The molecule has 0 spiro atoms. The minimum absolute atomic E-state index is 0.110. The van der Waals surface area contributed by atoms with Gasteiger partial charge in [-0.1, -0.05) is 54.3 Å². The highest BCUT2D eigenvalue weighted by atomic mass is 16.1. The fraction of sp³-hybridized carbons (Fsp3) is 0.385. The molecule has 0 bridgehead atoms. The van der Waals surface area contributed by atoms with E-state index in [1.807, 2.05) is 30.3 Å². The minimum Gasteiger partial charge on any atom is -0.295 e. The number of ketones is 1. The minimum atomic E-state index is 0.110. The van der Waals surface area contributed by atoms with Crippen molar-refractivity contribution in [1.29, 1.82) is 0 Å². The van der Waals surface area contributed by atoms with Crippen LogP contribution in [0.3, 0.4) is 0 Å². The molecule has 2 aromatic rings. The van der Waals surface area contributed by atoms with Gasteiger partial charge in [-0.05, 0) is 38.0 Å². The lowest BCUT2D eigenvalue weighted by atomic mass is 9.92. The van der Waals surface area contributed by atoms with Crippen molar-refractivity contribution in [3.05, 3.63) is 71.3 Å². The monoisotopic (exact) mass is 399 g/mol. The zero-order chi connectivity index (χ0) is 20.9. The van der Waals surface area contributed by atoms with E-state index in [9.17, 15) is 4.79 Å². The Hall–Kier alpha value is -2.74. The van der Waals surface area contributed by atoms with Gasteiger partial charge in [0.1, 0.15) is 0 Å². The number of hydrogen-bond acceptors (Lipinski definition) is 4. The molecule has 0 radical (unpaired) electrons. The van der Waals surface area contributed by atoms with E-state index in [-0.39, 0.29) is 11.8 Å². The largest absolute Gasteiger partial charge is 0.295 e. The van der Waals surface area contributed by atoms with Crippen LogP contribution in [0.2, 0.25) is 0 Å². The van der Waals surface area contributed by atoms with Crippen LogP contribution < -0.4 is 0 Å². The smallest absolute Gasteiger partial charge is 0.159 e. The van der Waals surface area contributed by atoms with E-state index >= 15 is 0 Å². The van der Waals surface area contributed by atoms with Gasteiger partial charge in [0.15, 0.2) is 5.78 Å². The number of nitrogens with zero attached hydrogens (tertiary/aromatic N) is 3.